The van der Waals surface area contributed by atoms with E-state index in [0.29, 0.717) is 13.2 Å². The van der Waals surface area contributed by atoms with Gasteiger partial charge in [-0.25, -0.2) is 4.79 Å². The highest BCUT2D eigenvalue weighted by atomic mass is 16.6. The number of ether oxygens (including phenoxy) is 2. The van der Waals surface area contributed by atoms with Crippen LogP contribution in [0, 0.1) is 6.92 Å². The monoisotopic (exact) mass is 474 g/mol. The highest BCUT2D eigenvalue weighted by Gasteiger charge is 2.34. The zero-order chi connectivity index (χ0) is 24.9. The number of aryl methyl sites for hydroxylation is 1. The van der Waals surface area contributed by atoms with Gasteiger partial charge in [-0.15, -0.1) is 0 Å². The maximum absolute atomic E-state index is 12.8. The van der Waals surface area contributed by atoms with Crippen molar-refractivity contribution in [2.45, 2.75) is 85.5 Å². The summed E-state index contributed by atoms with van der Waals surface area (Å²) >= 11 is 0. The molecule has 0 saturated carbocycles. The molecule has 2 aromatic carbocycles. The van der Waals surface area contributed by atoms with Gasteiger partial charge in [-0.05, 0) is 90.0 Å². The second-order valence-electron chi connectivity index (χ2n) is 11.1. The second-order valence-corrected chi connectivity index (χ2v) is 11.1. The number of carbonyl (C=O) groups is 1. The van der Waals surface area contributed by atoms with Crippen molar-refractivity contribution in [3.8, 4) is 16.9 Å². The van der Waals surface area contributed by atoms with E-state index in [9.17, 15) is 4.79 Å². The van der Waals surface area contributed by atoms with Crippen LogP contribution >= 0.6 is 0 Å². The van der Waals surface area contributed by atoms with Crippen molar-refractivity contribution >= 4 is 17.5 Å². The van der Waals surface area contributed by atoms with Crippen molar-refractivity contribution < 1.29 is 15.7 Å². The average molecular weight is 475 g/mol. The Hall–Kier alpha value is -3.08. The minimum Gasteiger partial charge on any atom is -0.488 e. The molecule has 0 N–H and O–H groups in total. The first-order valence-corrected chi connectivity index (χ1v) is 12.8. The van der Waals surface area contributed by atoms with Crippen LogP contribution in [-0.4, -0.2) is 34.9 Å². The molecule has 1 amide bonds. The summed E-state index contributed by atoms with van der Waals surface area (Å²) in [6, 6.07) is 11.0. The molecule has 2 aromatic rings. The van der Waals surface area contributed by atoms with Crippen molar-refractivity contribution in [2.75, 3.05) is 6.54 Å². The summed E-state index contributed by atoms with van der Waals surface area (Å²) in [4.78, 5) is 19.8. The van der Waals surface area contributed by atoms with Crippen LogP contribution in [0.15, 0.2) is 40.9 Å². The summed E-state index contributed by atoms with van der Waals surface area (Å²) < 4.78 is 12.0. The fourth-order valence-corrected chi connectivity index (χ4v) is 5.54. The number of rotatable bonds is 2. The number of hydrogen-bond donors (Lipinski definition) is 0. The lowest BCUT2D eigenvalue weighted by Gasteiger charge is -2.30. The first kappa shape index (κ1) is 23.7. The molecule has 2 aliphatic heterocycles. The number of amides is 1. The van der Waals surface area contributed by atoms with E-state index in [1.54, 1.807) is 0 Å². The van der Waals surface area contributed by atoms with E-state index >= 15 is 0 Å². The maximum Gasteiger partial charge on any atom is 0.410 e. The maximum atomic E-state index is 12.8. The van der Waals surface area contributed by atoms with Gasteiger partial charge in [-0.3, -0.25) is 9.89 Å². The van der Waals surface area contributed by atoms with Crippen LogP contribution in [0.4, 0.5) is 4.79 Å². The molecule has 5 rings (SSSR count). The Balaban J connectivity index is 0.00000304. The number of nitrogens with zero attached hydrogens (tertiary/aromatic N) is 2. The zero-order valence-corrected chi connectivity index (χ0v) is 21.8. The number of aliphatic imine (C=N–C) groups is 1. The molecule has 1 atom stereocenters. The van der Waals surface area contributed by atoms with Gasteiger partial charge in [-0.2, -0.15) is 0 Å². The third-order valence-corrected chi connectivity index (χ3v) is 7.24. The van der Waals surface area contributed by atoms with Gasteiger partial charge in [0, 0.05) is 30.4 Å². The van der Waals surface area contributed by atoms with Gasteiger partial charge in [0.25, 0.3) is 0 Å². The molecule has 5 nitrogen and oxygen atoms in total. The summed E-state index contributed by atoms with van der Waals surface area (Å²) in [5.74, 6) is 1.01. The number of hydrogen-bond acceptors (Lipinski definition) is 4. The zero-order valence-electron chi connectivity index (χ0n) is 21.8. The molecule has 1 aliphatic carbocycles. The van der Waals surface area contributed by atoms with Crippen LogP contribution in [-0.2, 0) is 17.8 Å². The van der Waals surface area contributed by atoms with E-state index in [2.05, 4.69) is 51.1 Å². The summed E-state index contributed by atoms with van der Waals surface area (Å²) in [6.07, 6.45) is 3.54. The minimum atomic E-state index is -0.507. The van der Waals surface area contributed by atoms with Gasteiger partial charge in [0.2, 0.25) is 0 Å². The molecule has 35 heavy (non-hydrogen) atoms. The molecule has 0 radical (unpaired) electrons. The van der Waals surface area contributed by atoms with Gasteiger partial charge in [-0.1, -0.05) is 29.8 Å². The lowest BCUT2D eigenvalue weighted by atomic mass is 9.85. The molecule has 3 aliphatic rings. The van der Waals surface area contributed by atoms with Crippen LogP contribution in [0.3, 0.4) is 0 Å². The minimum absolute atomic E-state index is 0. The molecule has 0 bridgehead atoms. The molecular formula is C30H38N2O3. The Morgan fingerprint density at radius 2 is 1.86 bits per heavy atom. The summed E-state index contributed by atoms with van der Waals surface area (Å²) in [5, 5.41) is 0. The lowest BCUT2D eigenvalue weighted by molar-refractivity contribution is 0.0265. The highest BCUT2D eigenvalue weighted by Crippen LogP contribution is 2.46. The van der Waals surface area contributed by atoms with Crippen LogP contribution in [0.25, 0.3) is 16.8 Å². The van der Waals surface area contributed by atoms with Crippen LogP contribution in [0.1, 0.15) is 77.6 Å². The lowest BCUT2D eigenvalue weighted by Crippen LogP contribution is -2.42. The SMILES string of the molecule is CC(=NC1=C(C)CCc2c1ccc1c2OCc2cc(C)ccc2-1)[C@@H]1CCCN1C(=O)OC(C)(C)C.[HH]. The van der Waals surface area contributed by atoms with E-state index < -0.39 is 5.60 Å². The number of likely N-dealkylation sites (tertiary alicyclic amines) is 1. The number of benzene rings is 2. The molecule has 1 fully saturated rings. The Morgan fingerprint density at radius 1 is 1.11 bits per heavy atom. The smallest absolute Gasteiger partial charge is 0.410 e. The molecule has 0 aromatic heterocycles. The van der Waals surface area contributed by atoms with Crippen LogP contribution in [0.2, 0.25) is 0 Å². The number of allylic oxidation sites excluding steroid dienone is 1. The van der Waals surface area contributed by atoms with Gasteiger partial charge < -0.3 is 9.47 Å². The molecule has 0 spiro atoms. The van der Waals surface area contributed by atoms with Crippen molar-refractivity contribution in [3.63, 3.8) is 0 Å². The standard InChI is InChI=1S/C30H36N2O3.H2/c1-18-9-11-22-21(16-18)17-34-28-24(22)14-13-23-25(28)12-10-19(2)27(23)31-20(3)26-8-7-15-32(26)29(33)35-30(4,5)6;/h9,11,13-14,16,26H,7-8,10,12,15,17H2,1-6H3;1H/t26-;/m0./s1. The first-order chi connectivity index (χ1) is 16.6. The predicted molar refractivity (Wildman–Crippen MR) is 143 cm³/mol. The molecular weight excluding hydrogens is 436 g/mol. The normalized spacial score (nSPS) is 19.7. The van der Waals surface area contributed by atoms with Crippen molar-refractivity contribution in [1.82, 2.24) is 4.90 Å². The topological polar surface area (TPSA) is 51.1 Å². The number of fused-ring (bicyclic) bond motifs is 5. The Bertz CT molecular complexity index is 1260. The number of carbonyl (C=O) groups excluding carboxylic acids is 1. The molecule has 1 saturated heterocycles. The highest BCUT2D eigenvalue weighted by molar-refractivity contribution is 5.96. The summed E-state index contributed by atoms with van der Waals surface area (Å²) in [5.41, 5.74) is 10.1. The van der Waals surface area contributed by atoms with Crippen molar-refractivity contribution in [3.05, 3.63) is 58.2 Å². The van der Waals surface area contributed by atoms with Gasteiger partial charge >= 0.3 is 6.09 Å². The summed E-state index contributed by atoms with van der Waals surface area (Å²) in [6.45, 7) is 13.4. The summed E-state index contributed by atoms with van der Waals surface area (Å²) in [7, 11) is 0. The third-order valence-electron chi connectivity index (χ3n) is 7.24. The first-order valence-electron chi connectivity index (χ1n) is 12.8. The van der Waals surface area contributed by atoms with E-state index in [1.165, 1.54) is 33.4 Å². The van der Waals surface area contributed by atoms with Gasteiger partial charge in [0.1, 0.15) is 18.0 Å². The Kier molecular flexibility index (Phi) is 5.98. The fourth-order valence-electron chi connectivity index (χ4n) is 5.54. The predicted octanol–water partition coefficient (Wildman–Crippen LogP) is 7.34. The van der Waals surface area contributed by atoms with Crippen LogP contribution < -0.4 is 4.74 Å². The quantitative estimate of drug-likeness (QED) is 0.428. The van der Waals surface area contributed by atoms with E-state index in [-0.39, 0.29) is 13.6 Å². The van der Waals surface area contributed by atoms with Crippen molar-refractivity contribution in [2.24, 2.45) is 4.99 Å². The van der Waals surface area contributed by atoms with Gasteiger partial charge in [0.15, 0.2) is 0 Å². The third kappa shape index (κ3) is 4.49. The Morgan fingerprint density at radius 3 is 2.63 bits per heavy atom. The van der Waals surface area contributed by atoms with E-state index in [4.69, 9.17) is 14.5 Å². The average Bonchev–Trinajstić information content (AvgIpc) is 3.29. The van der Waals surface area contributed by atoms with Crippen LogP contribution in [0.5, 0.6) is 5.75 Å². The Labute approximate surface area is 210 Å². The van der Waals surface area contributed by atoms with Crippen molar-refractivity contribution in [1.29, 1.82) is 0 Å². The van der Waals surface area contributed by atoms with E-state index in [1.807, 2.05) is 25.7 Å². The molecule has 186 valence electrons. The fraction of sp³-hybridized carbons (Fsp3) is 0.467. The van der Waals surface area contributed by atoms with E-state index in [0.717, 1.165) is 48.4 Å². The molecule has 0 unspecified atom stereocenters. The second kappa shape index (κ2) is 8.85. The largest absolute Gasteiger partial charge is 0.488 e. The molecule has 5 heteroatoms. The molecule has 2 heterocycles. The van der Waals surface area contributed by atoms with Gasteiger partial charge in [0.05, 0.1) is 11.7 Å².